The highest BCUT2D eigenvalue weighted by Gasteiger charge is 2.15. The molecule has 8 heteroatoms. The van der Waals surface area contributed by atoms with Crippen molar-refractivity contribution in [1.29, 1.82) is 0 Å². The van der Waals surface area contributed by atoms with Crippen molar-refractivity contribution in [3.63, 3.8) is 0 Å². The van der Waals surface area contributed by atoms with Crippen molar-refractivity contribution >= 4 is 39.3 Å². The molecule has 0 unspecified atom stereocenters. The lowest BCUT2D eigenvalue weighted by atomic mass is 10.1. The number of sulfone groups is 1. The molecule has 174 valence electrons. The molecular formula is C26H24N2O4S2. The SMILES string of the molecule is Cc1ccc(CN(S)C(=O)c2ccc3ccn(Cc4ccc(S(C)(=O)=O)cc4)c(=O)c3c2)cc1. The van der Waals surface area contributed by atoms with E-state index in [-0.39, 0.29) is 22.9 Å². The van der Waals surface area contributed by atoms with Crippen molar-refractivity contribution in [3.05, 3.63) is 112 Å². The summed E-state index contributed by atoms with van der Waals surface area (Å²) in [4.78, 5) is 26.3. The van der Waals surface area contributed by atoms with Gasteiger partial charge in [0.15, 0.2) is 9.84 Å². The Morgan fingerprint density at radius 1 is 0.941 bits per heavy atom. The summed E-state index contributed by atoms with van der Waals surface area (Å²) in [6, 6.07) is 21.2. The Labute approximate surface area is 203 Å². The van der Waals surface area contributed by atoms with E-state index in [4.69, 9.17) is 0 Å². The van der Waals surface area contributed by atoms with Crippen LogP contribution < -0.4 is 5.56 Å². The highest BCUT2D eigenvalue weighted by molar-refractivity contribution is 7.90. The summed E-state index contributed by atoms with van der Waals surface area (Å²) in [6.45, 7) is 2.62. The number of nitrogens with zero attached hydrogens (tertiary/aromatic N) is 2. The first-order valence-corrected chi connectivity index (χ1v) is 12.9. The molecule has 3 aromatic carbocycles. The van der Waals surface area contributed by atoms with Crippen LogP contribution in [0.15, 0.2) is 88.7 Å². The quantitative estimate of drug-likeness (QED) is 0.408. The molecule has 0 atom stereocenters. The highest BCUT2D eigenvalue weighted by atomic mass is 32.2. The topological polar surface area (TPSA) is 76.5 Å². The molecule has 0 saturated carbocycles. The third-order valence-corrected chi connectivity index (χ3v) is 7.07. The minimum Gasteiger partial charge on any atom is -0.311 e. The zero-order chi connectivity index (χ0) is 24.5. The summed E-state index contributed by atoms with van der Waals surface area (Å²) in [6.07, 6.45) is 2.85. The molecule has 6 nitrogen and oxygen atoms in total. The number of carbonyl (C=O) groups is 1. The van der Waals surface area contributed by atoms with Crippen LogP contribution >= 0.6 is 12.8 Å². The lowest BCUT2D eigenvalue weighted by Gasteiger charge is -2.16. The smallest absolute Gasteiger partial charge is 0.263 e. The van der Waals surface area contributed by atoms with E-state index in [1.54, 1.807) is 36.5 Å². The van der Waals surface area contributed by atoms with Crippen LogP contribution in [0.4, 0.5) is 0 Å². The third kappa shape index (κ3) is 5.24. The van der Waals surface area contributed by atoms with E-state index in [1.807, 2.05) is 37.3 Å². The van der Waals surface area contributed by atoms with Crippen LogP contribution in [0.25, 0.3) is 10.8 Å². The van der Waals surface area contributed by atoms with Gasteiger partial charge in [-0.25, -0.2) is 8.42 Å². The number of hydrogen-bond acceptors (Lipinski definition) is 5. The molecule has 0 radical (unpaired) electrons. The molecular weight excluding hydrogens is 468 g/mol. The minimum absolute atomic E-state index is 0.229. The van der Waals surface area contributed by atoms with Crippen molar-refractivity contribution in [3.8, 4) is 0 Å². The number of aryl methyl sites for hydroxylation is 1. The third-order valence-electron chi connectivity index (χ3n) is 5.62. The average Bonchev–Trinajstić information content (AvgIpc) is 2.81. The number of hydrogen-bond donors (Lipinski definition) is 1. The Morgan fingerprint density at radius 3 is 2.24 bits per heavy atom. The summed E-state index contributed by atoms with van der Waals surface area (Å²) in [5.41, 5.74) is 3.03. The van der Waals surface area contributed by atoms with Crippen LogP contribution in [0.2, 0.25) is 0 Å². The molecule has 0 spiro atoms. The van der Waals surface area contributed by atoms with E-state index in [2.05, 4.69) is 12.8 Å². The van der Waals surface area contributed by atoms with Crippen molar-refractivity contribution < 1.29 is 13.2 Å². The second-order valence-corrected chi connectivity index (χ2v) is 10.8. The number of aromatic nitrogens is 1. The van der Waals surface area contributed by atoms with Gasteiger partial charge >= 0.3 is 0 Å². The fourth-order valence-electron chi connectivity index (χ4n) is 3.66. The van der Waals surface area contributed by atoms with Crippen LogP contribution in [0.5, 0.6) is 0 Å². The second-order valence-electron chi connectivity index (χ2n) is 8.32. The van der Waals surface area contributed by atoms with Gasteiger partial charge in [0.1, 0.15) is 0 Å². The Bertz CT molecular complexity index is 1520. The van der Waals surface area contributed by atoms with Crippen molar-refractivity contribution in [2.45, 2.75) is 24.9 Å². The van der Waals surface area contributed by atoms with E-state index in [1.165, 1.54) is 21.0 Å². The average molecular weight is 493 g/mol. The molecule has 34 heavy (non-hydrogen) atoms. The molecule has 0 aliphatic carbocycles. The first kappa shape index (κ1) is 23.8. The molecule has 0 aliphatic rings. The molecule has 0 fully saturated rings. The number of benzene rings is 3. The van der Waals surface area contributed by atoms with Crippen LogP contribution in [-0.4, -0.2) is 29.5 Å². The molecule has 0 aliphatic heterocycles. The van der Waals surface area contributed by atoms with Gasteiger partial charge in [-0.3, -0.25) is 13.9 Å². The maximum Gasteiger partial charge on any atom is 0.263 e. The van der Waals surface area contributed by atoms with Gasteiger partial charge < -0.3 is 4.57 Å². The second kappa shape index (κ2) is 9.48. The van der Waals surface area contributed by atoms with E-state index in [0.29, 0.717) is 17.5 Å². The Balaban J connectivity index is 1.59. The molecule has 0 saturated heterocycles. The van der Waals surface area contributed by atoms with Crippen LogP contribution in [0, 0.1) is 6.92 Å². The first-order chi connectivity index (χ1) is 16.1. The number of amides is 1. The van der Waals surface area contributed by atoms with Crippen molar-refractivity contribution in [2.75, 3.05) is 6.26 Å². The van der Waals surface area contributed by atoms with Crippen molar-refractivity contribution in [2.24, 2.45) is 0 Å². The number of carbonyl (C=O) groups excluding carboxylic acids is 1. The molecule has 4 rings (SSSR count). The summed E-state index contributed by atoms with van der Waals surface area (Å²) in [7, 11) is -3.28. The maximum absolute atomic E-state index is 13.1. The monoisotopic (exact) mass is 492 g/mol. The van der Waals surface area contributed by atoms with Gasteiger partial charge in [-0.15, -0.1) is 0 Å². The lowest BCUT2D eigenvalue weighted by Crippen LogP contribution is -2.23. The van der Waals surface area contributed by atoms with Crippen molar-refractivity contribution in [1.82, 2.24) is 8.87 Å². The number of thiol groups is 1. The molecule has 1 amide bonds. The molecule has 1 aromatic heterocycles. The van der Waals surface area contributed by atoms with E-state index in [0.717, 1.165) is 28.3 Å². The zero-order valence-electron chi connectivity index (χ0n) is 18.8. The minimum atomic E-state index is -3.28. The number of pyridine rings is 1. The highest BCUT2D eigenvalue weighted by Crippen LogP contribution is 2.18. The van der Waals surface area contributed by atoms with Gasteiger partial charge in [0.05, 0.1) is 18.0 Å². The van der Waals surface area contributed by atoms with Gasteiger partial charge in [0.2, 0.25) is 0 Å². The molecule has 0 N–H and O–H groups in total. The van der Waals surface area contributed by atoms with E-state index >= 15 is 0 Å². The summed E-state index contributed by atoms with van der Waals surface area (Å²) in [5.74, 6) is -0.294. The largest absolute Gasteiger partial charge is 0.311 e. The molecule has 0 bridgehead atoms. The normalized spacial score (nSPS) is 11.5. The van der Waals surface area contributed by atoms with Gasteiger partial charge in [0.25, 0.3) is 11.5 Å². The fourth-order valence-corrected chi connectivity index (χ4v) is 4.57. The summed E-state index contributed by atoms with van der Waals surface area (Å²) >= 11 is 4.37. The Hall–Kier alpha value is -3.36. The lowest BCUT2D eigenvalue weighted by molar-refractivity contribution is 0.0868. The summed E-state index contributed by atoms with van der Waals surface area (Å²) in [5, 5.41) is 1.16. The van der Waals surface area contributed by atoms with Gasteiger partial charge in [-0.1, -0.05) is 60.8 Å². The van der Waals surface area contributed by atoms with E-state index in [9.17, 15) is 18.0 Å². The van der Waals surface area contributed by atoms with Crippen LogP contribution in [0.3, 0.4) is 0 Å². The number of rotatable bonds is 6. The first-order valence-electron chi connectivity index (χ1n) is 10.6. The number of fused-ring (bicyclic) bond motifs is 1. The van der Waals surface area contributed by atoms with Gasteiger partial charge in [-0.05, 0) is 53.8 Å². The van der Waals surface area contributed by atoms with E-state index < -0.39 is 9.84 Å². The molecule has 1 heterocycles. The standard InChI is InChI=1S/C26H24N2O4S2/c1-18-3-5-20(6-4-18)17-28(33)25(29)22-10-9-21-13-14-27(26(30)24(21)15-22)16-19-7-11-23(12-8-19)34(2,31)32/h3-15,33H,16-17H2,1-2H3. The fraction of sp³-hybridized carbons (Fsp3) is 0.154. The molecule has 4 aromatic rings. The summed E-state index contributed by atoms with van der Waals surface area (Å²) < 4.78 is 26.2. The van der Waals surface area contributed by atoms with Gasteiger partial charge in [0, 0.05) is 23.4 Å². The Kier molecular flexibility index (Phi) is 6.63. The Morgan fingerprint density at radius 2 is 1.59 bits per heavy atom. The van der Waals surface area contributed by atoms with Gasteiger partial charge in [-0.2, -0.15) is 0 Å². The zero-order valence-corrected chi connectivity index (χ0v) is 20.5. The predicted octanol–water partition coefficient (Wildman–Crippen LogP) is 4.25. The van der Waals surface area contributed by atoms with Crippen LogP contribution in [-0.2, 0) is 22.9 Å². The predicted molar refractivity (Wildman–Crippen MR) is 137 cm³/mol. The van der Waals surface area contributed by atoms with Crippen LogP contribution in [0.1, 0.15) is 27.0 Å². The maximum atomic E-state index is 13.1.